The van der Waals surface area contributed by atoms with Gasteiger partial charge in [0.2, 0.25) is 5.82 Å². The Bertz CT molecular complexity index is 867. The van der Waals surface area contributed by atoms with E-state index in [0.29, 0.717) is 16.4 Å². The molecular weight excluding hydrogens is 334 g/mol. The number of phenolic OH excluding ortho intramolecular Hbond substituents is 1. The molecule has 8 heteroatoms. The fourth-order valence-electron chi connectivity index (χ4n) is 1.96. The minimum absolute atomic E-state index is 0.0404. The normalized spacial score (nSPS) is 11.9. The van der Waals surface area contributed by atoms with E-state index in [0.717, 1.165) is 0 Å². The van der Waals surface area contributed by atoms with E-state index in [9.17, 15) is 9.90 Å². The van der Waals surface area contributed by atoms with Gasteiger partial charge >= 0.3 is 5.97 Å². The maximum atomic E-state index is 12.1. The van der Waals surface area contributed by atoms with Gasteiger partial charge < -0.3 is 14.4 Å². The quantitative estimate of drug-likeness (QED) is 0.723. The summed E-state index contributed by atoms with van der Waals surface area (Å²) >= 11 is 5.82. The third-order valence-corrected chi connectivity index (χ3v) is 3.41. The molecule has 0 unspecified atom stereocenters. The van der Waals surface area contributed by atoms with Crippen LogP contribution in [0.25, 0.3) is 11.4 Å². The summed E-state index contributed by atoms with van der Waals surface area (Å²) in [5, 5.41) is 13.9. The predicted octanol–water partition coefficient (Wildman–Crippen LogP) is 3.41. The fraction of sp³-hybridized carbons (Fsp3) is 0.125. The highest BCUT2D eigenvalue weighted by molar-refractivity contribution is 6.31. The number of nitrogens with zero attached hydrogens (tertiary/aromatic N) is 3. The lowest BCUT2D eigenvalue weighted by molar-refractivity contribution is 0.0262. The minimum Gasteiger partial charge on any atom is -0.507 e. The van der Waals surface area contributed by atoms with E-state index >= 15 is 0 Å². The maximum Gasteiger partial charge on any atom is 0.342 e. The van der Waals surface area contributed by atoms with Gasteiger partial charge in [-0.15, -0.1) is 0 Å². The Morgan fingerprint density at radius 3 is 2.96 bits per heavy atom. The van der Waals surface area contributed by atoms with Crippen LogP contribution in [0.1, 0.15) is 29.3 Å². The molecule has 0 spiro atoms. The number of benzene rings is 1. The molecule has 0 fully saturated rings. The van der Waals surface area contributed by atoms with Crippen molar-refractivity contribution in [1.82, 2.24) is 15.1 Å². The van der Waals surface area contributed by atoms with Gasteiger partial charge in [-0.25, -0.2) is 4.79 Å². The van der Waals surface area contributed by atoms with Gasteiger partial charge in [-0.1, -0.05) is 16.8 Å². The van der Waals surface area contributed by atoms with E-state index in [1.54, 1.807) is 31.5 Å². The molecule has 1 aromatic carbocycles. The maximum absolute atomic E-state index is 12.1. The monoisotopic (exact) mass is 345 g/mol. The number of halogens is 1. The topological polar surface area (TPSA) is 98.3 Å². The zero-order valence-electron chi connectivity index (χ0n) is 12.5. The van der Waals surface area contributed by atoms with Crippen molar-refractivity contribution in [3.63, 3.8) is 0 Å². The highest BCUT2D eigenvalue weighted by Gasteiger charge is 2.22. The molecule has 0 aliphatic carbocycles. The molecule has 0 aliphatic heterocycles. The lowest BCUT2D eigenvalue weighted by atomic mass is 10.2. The number of ether oxygens (including phenoxy) is 1. The first kappa shape index (κ1) is 15.9. The number of carbonyl (C=O) groups is 1. The van der Waals surface area contributed by atoms with Crippen LogP contribution < -0.4 is 0 Å². The third-order valence-electron chi connectivity index (χ3n) is 3.17. The molecule has 2 heterocycles. The number of hydrogen-bond acceptors (Lipinski definition) is 7. The number of hydrogen-bond donors (Lipinski definition) is 1. The van der Waals surface area contributed by atoms with E-state index in [1.165, 1.54) is 18.2 Å². The number of aromatic hydroxyl groups is 1. The molecule has 3 rings (SSSR count). The first-order valence-electron chi connectivity index (χ1n) is 6.98. The van der Waals surface area contributed by atoms with Gasteiger partial charge in [0.05, 0.1) is 0 Å². The summed E-state index contributed by atoms with van der Waals surface area (Å²) < 4.78 is 10.4. The van der Waals surface area contributed by atoms with Crippen LogP contribution in [0.15, 0.2) is 47.2 Å². The van der Waals surface area contributed by atoms with Crippen molar-refractivity contribution in [2.75, 3.05) is 0 Å². The van der Waals surface area contributed by atoms with Crippen LogP contribution in [0.4, 0.5) is 0 Å². The smallest absolute Gasteiger partial charge is 0.342 e. The molecule has 0 aliphatic rings. The largest absolute Gasteiger partial charge is 0.507 e. The average Bonchev–Trinajstić information content (AvgIpc) is 3.08. The van der Waals surface area contributed by atoms with Gasteiger partial charge in [0.1, 0.15) is 11.3 Å². The first-order valence-corrected chi connectivity index (χ1v) is 7.36. The van der Waals surface area contributed by atoms with Crippen LogP contribution in [0.5, 0.6) is 5.75 Å². The lowest BCUT2D eigenvalue weighted by Gasteiger charge is -2.10. The van der Waals surface area contributed by atoms with E-state index in [1.807, 2.05) is 0 Å². The SMILES string of the molecule is C[C@H](OC(=O)c1cc(Cl)ccc1O)c1nc(-c2cccnc2)no1. The molecule has 122 valence electrons. The molecule has 0 bridgehead atoms. The van der Waals surface area contributed by atoms with E-state index < -0.39 is 12.1 Å². The van der Waals surface area contributed by atoms with E-state index in [2.05, 4.69) is 15.1 Å². The van der Waals surface area contributed by atoms with Crippen molar-refractivity contribution in [3.05, 3.63) is 59.2 Å². The van der Waals surface area contributed by atoms with Crippen molar-refractivity contribution in [2.24, 2.45) is 0 Å². The third kappa shape index (κ3) is 3.36. The molecule has 2 aromatic heterocycles. The Labute approximate surface area is 141 Å². The standard InChI is InChI=1S/C16H12ClN3O4/c1-9(23-16(22)12-7-11(17)4-5-13(12)21)15-19-14(20-24-15)10-3-2-6-18-8-10/h2-9,21H,1H3/t9-/m0/s1. The molecule has 0 radical (unpaired) electrons. The predicted molar refractivity (Wildman–Crippen MR) is 84.5 cm³/mol. The molecule has 24 heavy (non-hydrogen) atoms. The average molecular weight is 346 g/mol. The van der Waals surface area contributed by atoms with Crippen LogP contribution in [0.2, 0.25) is 5.02 Å². The van der Waals surface area contributed by atoms with Crippen LogP contribution in [0.3, 0.4) is 0 Å². The second-order valence-corrected chi connectivity index (χ2v) is 5.34. The Balaban J connectivity index is 1.75. The van der Waals surface area contributed by atoms with Gasteiger partial charge in [-0.3, -0.25) is 4.98 Å². The molecule has 0 saturated carbocycles. The van der Waals surface area contributed by atoms with Crippen LogP contribution in [-0.4, -0.2) is 26.2 Å². The van der Waals surface area contributed by atoms with Crippen LogP contribution in [-0.2, 0) is 4.74 Å². The molecule has 1 N–H and O–H groups in total. The number of pyridine rings is 1. The molecule has 0 saturated heterocycles. The summed E-state index contributed by atoms with van der Waals surface area (Å²) in [6, 6.07) is 7.63. The van der Waals surface area contributed by atoms with Gasteiger partial charge in [0.25, 0.3) is 5.89 Å². The first-order chi connectivity index (χ1) is 11.5. The zero-order chi connectivity index (χ0) is 17.1. The van der Waals surface area contributed by atoms with Crippen molar-refractivity contribution < 1.29 is 19.2 Å². The molecule has 7 nitrogen and oxygen atoms in total. The highest BCUT2D eigenvalue weighted by Crippen LogP contribution is 2.25. The molecule has 0 amide bonds. The number of phenols is 1. The Kier molecular flexibility index (Phi) is 4.43. The summed E-state index contributed by atoms with van der Waals surface area (Å²) in [7, 11) is 0. The molecular formula is C16H12ClN3O4. The Morgan fingerprint density at radius 2 is 2.21 bits per heavy atom. The van der Waals surface area contributed by atoms with E-state index in [-0.39, 0.29) is 17.2 Å². The summed E-state index contributed by atoms with van der Waals surface area (Å²) in [6.45, 7) is 1.58. The number of carbonyl (C=O) groups excluding carboxylic acids is 1. The van der Waals surface area contributed by atoms with Crippen molar-refractivity contribution in [2.45, 2.75) is 13.0 Å². The fourth-order valence-corrected chi connectivity index (χ4v) is 2.13. The molecule has 1 atom stereocenters. The summed E-state index contributed by atoms with van der Waals surface area (Å²) in [5.41, 5.74) is 0.639. The second-order valence-electron chi connectivity index (χ2n) is 4.91. The number of esters is 1. The number of aromatic nitrogens is 3. The lowest BCUT2D eigenvalue weighted by Crippen LogP contribution is -2.09. The highest BCUT2D eigenvalue weighted by atomic mass is 35.5. The van der Waals surface area contributed by atoms with Gasteiger partial charge in [0, 0.05) is 23.0 Å². The van der Waals surface area contributed by atoms with Gasteiger partial charge in [-0.2, -0.15) is 4.98 Å². The van der Waals surface area contributed by atoms with Crippen molar-refractivity contribution >= 4 is 17.6 Å². The minimum atomic E-state index is -0.797. The summed E-state index contributed by atoms with van der Waals surface area (Å²) in [5.74, 6) is -0.503. The molecule has 3 aromatic rings. The van der Waals surface area contributed by atoms with Crippen LogP contribution >= 0.6 is 11.6 Å². The Hall–Kier alpha value is -2.93. The van der Waals surface area contributed by atoms with Gasteiger partial charge in [-0.05, 0) is 37.3 Å². The zero-order valence-corrected chi connectivity index (χ0v) is 13.3. The summed E-state index contributed by atoms with van der Waals surface area (Å²) in [4.78, 5) is 20.3. The van der Waals surface area contributed by atoms with Crippen LogP contribution in [0, 0.1) is 0 Å². The summed E-state index contributed by atoms with van der Waals surface area (Å²) in [6.07, 6.45) is 2.43. The van der Waals surface area contributed by atoms with E-state index in [4.69, 9.17) is 20.9 Å². The Morgan fingerprint density at radius 1 is 1.38 bits per heavy atom. The number of rotatable bonds is 4. The van der Waals surface area contributed by atoms with Crippen molar-refractivity contribution in [3.8, 4) is 17.1 Å². The van der Waals surface area contributed by atoms with Gasteiger partial charge in [0.15, 0.2) is 6.10 Å². The second kappa shape index (κ2) is 6.67. The van der Waals surface area contributed by atoms with Crippen molar-refractivity contribution in [1.29, 1.82) is 0 Å².